The van der Waals surface area contributed by atoms with Crippen molar-refractivity contribution < 1.29 is 23.7 Å². The third-order valence-corrected chi connectivity index (χ3v) is 9.56. The quantitative estimate of drug-likeness (QED) is 0.200. The first-order valence-electron chi connectivity index (χ1n) is 12.4. The van der Waals surface area contributed by atoms with Gasteiger partial charge in [0.2, 0.25) is 17.7 Å². The van der Waals surface area contributed by atoms with Gasteiger partial charge in [0.25, 0.3) is 5.69 Å². The van der Waals surface area contributed by atoms with Crippen molar-refractivity contribution in [1.29, 1.82) is 0 Å². The van der Waals surface area contributed by atoms with Crippen molar-refractivity contribution in [3.8, 4) is 0 Å². The van der Waals surface area contributed by atoms with Crippen LogP contribution >= 0.6 is 23.1 Å². The number of non-ortho nitro benzene ring substituents is 1. The number of nitrogens with one attached hydrogen (secondary N) is 1. The first kappa shape index (κ1) is 26.6. The van der Waals surface area contributed by atoms with Gasteiger partial charge < -0.3 is 5.32 Å². The molecule has 10 nitrogen and oxygen atoms in total. The zero-order chi connectivity index (χ0) is 28.8. The fraction of sp³-hybridized carbons (Fsp3) is 0.143. The predicted octanol–water partition coefficient (Wildman–Crippen LogP) is 4.39. The Labute approximate surface area is 239 Å². The monoisotopic (exact) mass is 590 g/mol. The number of carbonyl (C=O) groups excluding carboxylic acids is 3. The van der Waals surface area contributed by atoms with E-state index in [-0.39, 0.29) is 17.9 Å². The maximum Gasteiger partial charge on any atom is 0.308 e. The van der Waals surface area contributed by atoms with Crippen LogP contribution in [0.4, 0.5) is 21.5 Å². The van der Waals surface area contributed by atoms with Gasteiger partial charge in [-0.3, -0.25) is 33.9 Å². The largest absolute Gasteiger partial charge is 0.325 e. The number of amides is 3. The summed E-state index contributed by atoms with van der Waals surface area (Å²) in [5.74, 6) is -3.41. The molecule has 4 aromatic rings. The van der Waals surface area contributed by atoms with Crippen LogP contribution in [0, 0.1) is 21.8 Å². The number of thiazole rings is 1. The summed E-state index contributed by atoms with van der Waals surface area (Å²) in [7, 11) is 0. The molecule has 0 saturated carbocycles. The molecule has 3 atom stereocenters. The molecule has 1 fully saturated rings. The van der Waals surface area contributed by atoms with Crippen molar-refractivity contribution >= 4 is 57.9 Å². The molecule has 1 aromatic heterocycles. The van der Waals surface area contributed by atoms with Gasteiger partial charge in [0, 0.05) is 28.6 Å². The lowest BCUT2D eigenvalue weighted by Crippen LogP contribution is -2.33. The first-order valence-corrected chi connectivity index (χ1v) is 14.1. The molecule has 13 heteroatoms. The molecule has 0 spiro atoms. The van der Waals surface area contributed by atoms with Gasteiger partial charge in [0.15, 0.2) is 0 Å². The second kappa shape index (κ2) is 10.4. The van der Waals surface area contributed by atoms with Crippen molar-refractivity contribution in [2.75, 3.05) is 10.2 Å². The number of benzene rings is 3. The van der Waals surface area contributed by atoms with Gasteiger partial charge >= 0.3 is 4.87 Å². The lowest BCUT2D eigenvalue weighted by molar-refractivity contribution is -0.384. The zero-order valence-electron chi connectivity index (χ0n) is 20.9. The number of halogens is 1. The number of hydrogen-bond acceptors (Lipinski definition) is 8. The lowest BCUT2D eigenvalue weighted by Gasteiger charge is -2.30. The van der Waals surface area contributed by atoms with Crippen LogP contribution in [0.2, 0.25) is 0 Å². The van der Waals surface area contributed by atoms with E-state index in [2.05, 4.69) is 5.32 Å². The molecule has 206 valence electrons. The molecule has 2 aliphatic rings. The van der Waals surface area contributed by atoms with Gasteiger partial charge in [-0.05, 0) is 42.0 Å². The molecule has 0 aliphatic carbocycles. The second-order valence-electron chi connectivity index (χ2n) is 9.42. The summed E-state index contributed by atoms with van der Waals surface area (Å²) in [4.78, 5) is 65.3. The normalized spacial score (nSPS) is 19.5. The van der Waals surface area contributed by atoms with Crippen molar-refractivity contribution in [2.45, 2.75) is 22.7 Å². The molecule has 6 rings (SSSR count). The Morgan fingerprint density at radius 3 is 2.29 bits per heavy atom. The van der Waals surface area contributed by atoms with Gasteiger partial charge in [-0.25, -0.2) is 9.29 Å². The van der Waals surface area contributed by atoms with Crippen LogP contribution in [0.15, 0.2) is 88.7 Å². The van der Waals surface area contributed by atoms with Crippen LogP contribution in [0.25, 0.3) is 0 Å². The van der Waals surface area contributed by atoms with E-state index < -0.39 is 50.4 Å². The third-order valence-electron chi connectivity index (χ3n) is 6.96. The average Bonchev–Trinajstić information content (AvgIpc) is 3.40. The van der Waals surface area contributed by atoms with Gasteiger partial charge in [-0.15, -0.1) is 0 Å². The van der Waals surface area contributed by atoms with E-state index in [0.29, 0.717) is 15.6 Å². The Hall–Kier alpha value is -4.62. The third kappa shape index (κ3) is 4.72. The molecule has 1 saturated heterocycles. The summed E-state index contributed by atoms with van der Waals surface area (Å²) in [5.41, 5.74) is 1.14. The summed E-state index contributed by atoms with van der Waals surface area (Å²) in [6.07, 6.45) is 0. The summed E-state index contributed by atoms with van der Waals surface area (Å²) < 4.78 is 14.6. The number of anilines is 2. The molecule has 3 aromatic carbocycles. The Morgan fingerprint density at radius 2 is 1.63 bits per heavy atom. The number of fused-ring (bicyclic) bond motifs is 2. The highest BCUT2D eigenvalue weighted by molar-refractivity contribution is 8.00. The molecule has 2 aliphatic heterocycles. The average molecular weight is 591 g/mol. The minimum atomic E-state index is -0.893. The van der Waals surface area contributed by atoms with Gasteiger partial charge in [0.1, 0.15) is 17.6 Å². The molecule has 1 N–H and O–H groups in total. The molecular formula is C28H19FN4O6S2. The number of rotatable bonds is 6. The van der Waals surface area contributed by atoms with Crippen molar-refractivity contribution in [2.24, 2.45) is 5.92 Å². The van der Waals surface area contributed by atoms with E-state index in [1.54, 1.807) is 12.1 Å². The zero-order valence-corrected chi connectivity index (χ0v) is 22.6. The van der Waals surface area contributed by atoms with E-state index in [0.717, 1.165) is 33.6 Å². The molecule has 0 unspecified atom stereocenters. The first-order chi connectivity index (χ1) is 19.7. The van der Waals surface area contributed by atoms with E-state index in [1.165, 1.54) is 53.1 Å². The molecule has 3 heterocycles. The number of nitrogens with zero attached hydrogens (tertiary/aromatic N) is 3. The predicted molar refractivity (Wildman–Crippen MR) is 151 cm³/mol. The van der Waals surface area contributed by atoms with E-state index in [4.69, 9.17) is 0 Å². The minimum Gasteiger partial charge on any atom is -0.325 e. The van der Waals surface area contributed by atoms with Crippen LogP contribution in [0.3, 0.4) is 0 Å². The van der Waals surface area contributed by atoms with E-state index in [1.807, 2.05) is 18.2 Å². The number of hydrogen-bond donors (Lipinski definition) is 1. The van der Waals surface area contributed by atoms with Crippen LogP contribution in [-0.2, 0) is 20.9 Å². The van der Waals surface area contributed by atoms with Crippen molar-refractivity contribution in [1.82, 2.24) is 4.57 Å². The van der Waals surface area contributed by atoms with Crippen molar-refractivity contribution in [3.05, 3.63) is 115 Å². The fourth-order valence-electron chi connectivity index (χ4n) is 5.13. The SMILES string of the molecule is O=C(Cn1c2c(sc1=O)[C@@H](c1ccccc1)[C@H]1C(=O)N(c3ccc([N+](=O)[O-])cc3)C(=O)[C@H]1S2)Nc1ccc(F)cc1. The number of thioether (sulfide) groups is 1. The molecule has 0 radical (unpaired) electrons. The topological polar surface area (TPSA) is 132 Å². The van der Waals surface area contributed by atoms with Crippen LogP contribution in [0.1, 0.15) is 16.4 Å². The molecule has 0 bridgehead atoms. The standard InChI is InChI=1S/C28H19FN4O6S2/c29-16-6-8-17(9-7-16)30-20(34)14-31-27-24(41-28(31)37)21(15-4-2-1-3-5-15)22-23(40-27)26(36)32(25(22)35)18-10-12-19(13-11-18)33(38)39/h1-13,21-23H,14H2,(H,30,34)/t21-,22+,23-/m0/s1. The second-order valence-corrected chi connectivity index (χ2v) is 11.5. The highest BCUT2D eigenvalue weighted by atomic mass is 32.2. The summed E-state index contributed by atoms with van der Waals surface area (Å²) in [6, 6.07) is 19.5. The number of carbonyl (C=O) groups is 3. The minimum absolute atomic E-state index is 0.174. The summed E-state index contributed by atoms with van der Waals surface area (Å²) in [6.45, 7) is -0.345. The lowest BCUT2D eigenvalue weighted by atomic mass is 9.83. The highest BCUT2D eigenvalue weighted by Gasteiger charge is 2.56. The van der Waals surface area contributed by atoms with Crippen LogP contribution < -0.4 is 15.1 Å². The fourth-order valence-corrected chi connectivity index (χ4v) is 7.90. The van der Waals surface area contributed by atoms with Crippen LogP contribution in [-0.4, -0.2) is 32.5 Å². The summed E-state index contributed by atoms with van der Waals surface area (Å²) >= 11 is 1.99. The van der Waals surface area contributed by atoms with Gasteiger partial charge in [0.05, 0.1) is 21.6 Å². The maximum atomic E-state index is 13.8. The molecule has 3 amide bonds. The number of imide groups is 1. The highest BCUT2D eigenvalue weighted by Crippen LogP contribution is 2.53. The molecule has 41 heavy (non-hydrogen) atoms. The Kier molecular flexibility index (Phi) is 6.75. The Morgan fingerprint density at radius 1 is 0.951 bits per heavy atom. The van der Waals surface area contributed by atoms with E-state index in [9.17, 15) is 33.7 Å². The van der Waals surface area contributed by atoms with Crippen molar-refractivity contribution in [3.63, 3.8) is 0 Å². The van der Waals surface area contributed by atoms with Gasteiger partial charge in [-0.2, -0.15) is 0 Å². The Bertz CT molecular complexity index is 1760. The summed E-state index contributed by atoms with van der Waals surface area (Å²) in [5, 5.41) is 13.3. The maximum absolute atomic E-state index is 13.8. The van der Waals surface area contributed by atoms with Crippen LogP contribution in [0.5, 0.6) is 0 Å². The smallest absolute Gasteiger partial charge is 0.308 e. The number of nitro benzene ring substituents is 1. The van der Waals surface area contributed by atoms with Gasteiger partial charge in [-0.1, -0.05) is 53.4 Å². The number of nitro groups is 1. The molecular weight excluding hydrogens is 571 g/mol. The van der Waals surface area contributed by atoms with E-state index >= 15 is 0 Å². The number of aromatic nitrogens is 1. The Balaban J connectivity index is 1.38.